The molecule has 2 saturated carbocycles. The minimum absolute atomic E-state index is 0.155. The van der Waals surface area contributed by atoms with Crippen LogP contribution in [0.3, 0.4) is 0 Å². The third-order valence-corrected chi connectivity index (χ3v) is 6.68. The average Bonchev–Trinajstić information content (AvgIpc) is 2.98. The van der Waals surface area contributed by atoms with Gasteiger partial charge in [-0.3, -0.25) is 0 Å². The maximum absolute atomic E-state index is 13.8. The molecule has 20 heavy (non-hydrogen) atoms. The monoisotopic (exact) mass is 340 g/mol. The van der Waals surface area contributed by atoms with E-state index in [1.165, 1.54) is 25.3 Å². The van der Waals surface area contributed by atoms with Crippen molar-refractivity contribution in [2.75, 3.05) is 5.33 Å². The maximum Gasteiger partial charge on any atom is 0.128 e. The molecule has 0 aromatic heterocycles. The molecule has 3 rings (SSSR count). The first-order valence-corrected chi connectivity index (χ1v) is 8.57. The summed E-state index contributed by atoms with van der Waals surface area (Å²) in [6.07, 6.45) is 3.82. The topological polar surface area (TPSA) is 9.23 Å². The molecule has 1 aromatic carbocycles. The van der Waals surface area contributed by atoms with E-state index in [1.54, 1.807) is 6.07 Å². The van der Waals surface area contributed by atoms with Crippen molar-refractivity contribution >= 4 is 15.9 Å². The third-order valence-electron chi connectivity index (χ3n) is 5.84. The Morgan fingerprint density at radius 3 is 2.55 bits per heavy atom. The molecule has 3 atom stereocenters. The van der Waals surface area contributed by atoms with E-state index in [0.717, 1.165) is 11.2 Å². The highest BCUT2D eigenvalue weighted by molar-refractivity contribution is 9.09. The minimum atomic E-state index is -0.168. The number of alkyl halides is 1. The standard InChI is InChI=1S/C17H22BrFO/c1-16(2)13-7-8-14(9-13)17(16,11-18)20-10-12-5-3-4-6-15(12)19/h3-6,13-14H,7-11H2,1-2H3. The number of hydrogen-bond donors (Lipinski definition) is 0. The van der Waals surface area contributed by atoms with Gasteiger partial charge in [-0.1, -0.05) is 48.0 Å². The first-order chi connectivity index (χ1) is 9.51. The molecule has 0 aliphatic heterocycles. The first kappa shape index (κ1) is 14.5. The van der Waals surface area contributed by atoms with Crippen LogP contribution in [0.2, 0.25) is 0 Å². The fourth-order valence-corrected chi connectivity index (χ4v) is 5.72. The SMILES string of the molecule is CC1(C)C2CCC(C2)C1(CBr)OCc1ccccc1F. The number of benzene rings is 1. The van der Waals surface area contributed by atoms with E-state index in [-0.39, 0.29) is 16.8 Å². The number of halogens is 2. The van der Waals surface area contributed by atoms with Crippen LogP contribution in [0, 0.1) is 23.1 Å². The Labute approximate surface area is 129 Å². The summed E-state index contributed by atoms with van der Waals surface area (Å²) in [7, 11) is 0. The molecule has 0 spiro atoms. The molecule has 2 aliphatic rings. The summed E-state index contributed by atoms with van der Waals surface area (Å²) < 4.78 is 20.1. The zero-order valence-corrected chi connectivity index (χ0v) is 13.7. The summed E-state index contributed by atoms with van der Waals surface area (Å²) in [4.78, 5) is 0. The first-order valence-electron chi connectivity index (χ1n) is 7.44. The Morgan fingerprint density at radius 2 is 1.95 bits per heavy atom. The van der Waals surface area contributed by atoms with Gasteiger partial charge in [-0.15, -0.1) is 0 Å². The molecule has 110 valence electrons. The molecule has 1 aromatic rings. The average molecular weight is 341 g/mol. The Balaban J connectivity index is 1.82. The van der Waals surface area contributed by atoms with Crippen molar-refractivity contribution < 1.29 is 9.13 Å². The van der Waals surface area contributed by atoms with Gasteiger partial charge >= 0.3 is 0 Å². The summed E-state index contributed by atoms with van der Waals surface area (Å²) in [6.45, 7) is 5.00. The van der Waals surface area contributed by atoms with E-state index < -0.39 is 0 Å². The third kappa shape index (κ3) is 1.97. The van der Waals surface area contributed by atoms with Crippen molar-refractivity contribution in [1.82, 2.24) is 0 Å². The molecule has 3 unspecified atom stereocenters. The largest absolute Gasteiger partial charge is 0.368 e. The van der Waals surface area contributed by atoms with Crippen LogP contribution in [-0.4, -0.2) is 10.9 Å². The second-order valence-corrected chi connectivity index (χ2v) is 7.39. The number of fused-ring (bicyclic) bond motifs is 2. The quantitative estimate of drug-likeness (QED) is 0.706. The lowest BCUT2D eigenvalue weighted by Crippen LogP contribution is -2.53. The van der Waals surface area contributed by atoms with E-state index in [4.69, 9.17) is 4.74 Å². The Morgan fingerprint density at radius 1 is 1.25 bits per heavy atom. The van der Waals surface area contributed by atoms with Gasteiger partial charge < -0.3 is 4.74 Å². The van der Waals surface area contributed by atoms with Gasteiger partial charge in [-0.05, 0) is 42.6 Å². The van der Waals surface area contributed by atoms with Gasteiger partial charge in [0.05, 0.1) is 12.2 Å². The van der Waals surface area contributed by atoms with Gasteiger partial charge in [0.15, 0.2) is 0 Å². The number of hydrogen-bond acceptors (Lipinski definition) is 1. The zero-order valence-electron chi connectivity index (χ0n) is 12.2. The molecule has 1 nitrogen and oxygen atoms in total. The van der Waals surface area contributed by atoms with Crippen molar-refractivity contribution in [2.24, 2.45) is 17.3 Å². The molecule has 0 saturated heterocycles. The van der Waals surface area contributed by atoms with Crippen LogP contribution in [0.4, 0.5) is 4.39 Å². The Kier molecular flexibility index (Phi) is 3.70. The molecule has 0 heterocycles. The predicted octanol–water partition coefficient (Wildman–Crippen LogP) is 4.93. The van der Waals surface area contributed by atoms with Gasteiger partial charge in [-0.2, -0.15) is 0 Å². The normalized spacial score (nSPS) is 34.6. The van der Waals surface area contributed by atoms with Crippen LogP contribution < -0.4 is 0 Å². The summed E-state index contributed by atoms with van der Waals surface area (Å²) in [6, 6.07) is 6.91. The van der Waals surface area contributed by atoms with Gasteiger partial charge in [0.25, 0.3) is 0 Å². The molecule has 0 amide bonds. The van der Waals surface area contributed by atoms with Crippen LogP contribution in [0.25, 0.3) is 0 Å². The molecule has 3 heteroatoms. The second-order valence-electron chi connectivity index (χ2n) is 6.83. The van der Waals surface area contributed by atoms with E-state index in [9.17, 15) is 4.39 Å². The van der Waals surface area contributed by atoms with Gasteiger partial charge in [0.1, 0.15) is 5.82 Å². The van der Waals surface area contributed by atoms with Crippen LogP contribution in [0.15, 0.2) is 24.3 Å². The molecule has 0 N–H and O–H groups in total. The molecular formula is C17H22BrFO. The maximum atomic E-state index is 13.8. The van der Waals surface area contributed by atoms with Crippen LogP contribution >= 0.6 is 15.9 Å². The molecule has 2 fully saturated rings. The van der Waals surface area contributed by atoms with E-state index in [0.29, 0.717) is 18.1 Å². The summed E-state index contributed by atoms with van der Waals surface area (Å²) in [5.41, 5.74) is 0.662. The van der Waals surface area contributed by atoms with Crippen LogP contribution in [-0.2, 0) is 11.3 Å². The van der Waals surface area contributed by atoms with Crippen molar-refractivity contribution in [3.63, 3.8) is 0 Å². The van der Waals surface area contributed by atoms with Crippen molar-refractivity contribution in [2.45, 2.75) is 45.3 Å². The van der Waals surface area contributed by atoms with Crippen molar-refractivity contribution in [1.29, 1.82) is 0 Å². The summed E-state index contributed by atoms with van der Waals surface area (Å²) in [5.74, 6) is 1.18. The summed E-state index contributed by atoms with van der Waals surface area (Å²) in [5, 5.41) is 0.836. The van der Waals surface area contributed by atoms with Crippen molar-refractivity contribution in [3.05, 3.63) is 35.6 Å². The van der Waals surface area contributed by atoms with E-state index in [1.807, 2.05) is 12.1 Å². The fourth-order valence-electron chi connectivity index (χ4n) is 4.38. The molecule has 2 bridgehead atoms. The van der Waals surface area contributed by atoms with Gasteiger partial charge in [0, 0.05) is 10.9 Å². The molecular weight excluding hydrogens is 319 g/mol. The lowest BCUT2D eigenvalue weighted by Gasteiger charge is -2.48. The Bertz CT molecular complexity index is 502. The van der Waals surface area contributed by atoms with Gasteiger partial charge in [0.2, 0.25) is 0 Å². The lowest BCUT2D eigenvalue weighted by atomic mass is 9.66. The van der Waals surface area contributed by atoms with E-state index >= 15 is 0 Å². The highest BCUT2D eigenvalue weighted by atomic mass is 79.9. The van der Waals surface area contributed by atoms with Gasteiger partial charge in [-0.25, -0.2) is 4.39 Å². The minimum Gasteiger partial charge on any atom is -0.368 e. The second kappa shape index (κ2) is 5.10. The number of rotatable bonds is 4. The highest BCUT2D eigenvalue weighted by Crippen LogP contribution is 2.63. The van der Waals surface area contributed by atoms with Crippen molar-refractivity contribution in [3.8, 4) is 0 Å². The van der Waals surface area contributed by atoms with Crippen LogP contribution in [0.5, 0.6) is 0 Å². The highest BCUT2D eigenvalue weighted by Gasteiger charge is 2.63. The smallest absolute Gasteiger partial charge is 0.128 e. The number of ether oxygens (including phenoxy) is 1. The fraction of sp³-hybridized carbons (Fsp3) is 0.647. The summed E-state index contributed by atoms with van der Waals surface area (Å²) >= 11 is 3.68. The predicted molar refractivity (Wildman–Crippen MR) is 82.3 cm³/mol. The lowest BCUT2D eigenvalue weighted by molar-refractivity contribution is -0.145. The molecule has 0 radical (unpaired) electrons. The van der Waals surface area contributed by atoms with E-state index in [2.05, 4.69) is 29.8 Å². The Hall–Kier alpha value is -0.410. The van der Waals surface area contributed by atoms with Crippen LogP contribution in [0.1, 0.15) is 38.7 Å². The zero-order chi connectivity index (χ0) is 14.4. The molecule has 2 aliphatic carbocycles.